The normalized spacial score (nSPS) is 25.9. The van der Waals surface area contributed by atoms with Gasteiger partial charge in [0.1, 0.15) is 5.92 Å². The number of ether oxygens (including phenoxy) is 2. The molecule has 2 N–H and O–H groups in total. The first-order chi connectivity index (χ1) is 12.5. The van der Waals surface area contributed by atoms with Crippen LogP contribution in [0.5, 0.6) is 0 Å². The summed E-state index contributed by atoms with van der Waals surface area (Å²) in [4.78, 5) is 35.8. The van der Waals surface area contributed by atoms with Crippen molar-refractivity contribution in [2.45, 2.75) is 32.0 Å². The Bertz CT molecular complexity index is 726. The van der Waals surface area contributed by atoms with Crippen LogP contribution in [-0.2, 0) is 19.1 Å². The molecule has 0 radical (unpaired) electrons. The minimum atomic E-state index is -1.05. The van der Waals surface area contributed by atoms with E-state index in [9.17, 15) is 19.5 Å². The Morgan fingerprint density at radius 2 is 1.77 bits per heavy atom. The van der Waals surface area contributed by atoms with Gasteiger partial charge in [0, 0.05) is 5.69 Å². The van der Waals surface area contributed by atoms with Gasteiger partial charge in [0.25, 0.3) is 0 Å². The van der Waals surface area contributed by atoms with E-state index in [1.165, 1.54) is 0 Å². The number of anilines is 1. The lowest BCUT2D eigenvalue weighted by atomic mass is 9.82. The van der Waals surface area contributed by atoms with Gasteiger partial charge in [-0.25, -0.2) is 4.79 Å². The molecule has 1 saturated heterocycles. The van der Waals surface area contributed by atoms with Gasteiger partial charge < -0.3 is 19.9 Å². The summed E-state index contributed by atoms with van der Waals surface area (Å²) in [5.41, 5.74) is 0.879. The second-order valence-electron chi connectivity index (χ2n) is 6.40. The first-order valence-corrected chi connectivity index (χ1v) is 8.66. The van der Waals surface area contributed by atoms with Crippen molar-refractivity contribution in [2.24, 2.45) is 11.8 Å². The molecule has 0 saturated carbocycles. The van der Waals surface area contributed by atoms with Crippen LogP contribution >= 0.6 is 0 Å². The molecule has 1 aromatic carbocycles. The average Bonchev–Trinajstić information content (AvgIpc) is 3.23. The smallest absolute Gasteiger partial charge is 0.338 e. The fraction of sp³-hybridized carbons (Fsp3) is 0.421. The second kappa shape index (κ2) is 7.70. The largest absolute Gasteiger partial charge is 0.481 e. The van der Waals surface area contributed by atoms with Crippen molar-refractivity contribution in [2.75, 3.05) is 11.9 Å². The minimum Gasteiger partial charge on any atom is -0.481 e. The quantitative estimate of drug-likeness (QED) is 0.440. The summed E-state index contributed by atoms with van der Waals surface area (Å²) in [5.74, 6) is -3.53. The number of carbonyl (C=O) groups excluding carboxylic acids is 2. The van der Waals surface area contributed by atoms with Gasteiger partial charge in [-0.3, -0.25) is 9.59 Å². The Kier molecular flexibility index (Phi) is 5.37. The Balaban J connectivity index is 1.62. The van der Waals surface area contributed by atoms with Crippen molar-refractivity contribution in [3.05, 3.63) is 42.0 Å². The number of fused-ring (bicyclic) bond motifs is 2. The molecule has 1 fully saturated rings. The van der Waals surface area contributed by atoms with Crippen LogP contribution in [0.25, 0.3) is 0 Å². The number of esters is 1. The van der Waals surface area contributed by atoms with Gasteiger partial charge in [0.2, 0.25) is 5.91 Å². The Morgan fingerprint density at radius 3 is 2.38 bits per heavy atom. The van der Waals surface area contributed by atoms with Crippen LogP contribution in [-0.4, -0.2) is 41.8 Å². The highest BCUT2D eigenvalue weighted by atomic mass is 16.5. The lowest BCUT2D eigenvalue weighted by Gasteiger charge is -2.21. The molecule has 1 aromatic rings. The monoisotopic (exact) mass is 359 g/mol. The van der Waals surface area contributed by atoms with Gasteiger partial charge in [0.15, 0.2) is 0 Å². The number of unbranched alkanes of at least 4 members (excludes halogenated alkanes) is 1. The van der Waals surface area contributed by atoms with E-state index in [1.54, 1.807) is 36.4 Å². The molecular formula is C19H21NO6. The summed E-state index contributed by atoms with van der Waals surface area (Å²) in [5, 5.41) is 12.1. The standard InChI is InChI=1S/C19H21NO6/c1-2-3-10-25-19(24)11-4-6-12(7-5-11)20-17(21)15-13-8-9-14(26-13)16(15)18(22)23/h4-9,13-16H,2-3,10H2,1H3,(H,20,21)(H,22,23). The highest BCUT2D eigenvalue weighted by Crippen LogP contribution is 2.39. The molecule has 0 aliphatic carbocycles. The third-order valence-corrected chi connectivity index (χ3v) is 4.61. The predicted molar refractivity (Wildman–Crippen MR) is 92.7 cm³/mol. The molecule has 0 aromatic heterocycles. The van der Waals surface area contributed by atoms with Crippen LogP contribution in [0.2, 0.25) is 0 Å². The molecule has 7 heteroatoms. The summed E-state index contributed by atoms with van der Waals surface area (Å²) < 4.78 is 10.6. The zero-order valence-corrected chi connectivity index (χ0v) is 14.4. The molecule has 1 amide bonds. The molecule has 2 aliphatic heterocycles. The molecule has 0 spiro atoms. The van der Waals surface area contributed by atoms with E-state index in [1.807, 2.05) is 6.92 Å². The maximum absolute atomic E-state index is 12.5. The van der Waals surface area contributed by atoms with Crippen LogP contribution in [0.15, 0.2) is 36.4 Å². The molecule has 138 valence electrons. The van der Waals surface area contributed by atoms with Gasteiger partial charge >= 0.3 is 11.9 Å². The van der Waals surface area contributed by atoms with Gasteiger partial charge in [-0.05, 0) is 30.7 Å². The second-order valence-corrected chi connectivity index (χ2v) is 6.40. The Hall–Kier alpha value is -2.67. The molecule has 4 atom stereocenters. The third kappa shape index (κ3) is 3.62. The SMILES string of the molecule is CCCCOC(=O)c1ccc(NC(=O)C2C3C=CC(O3)C2C(=O)O)cc1. The van der Waals surface area contributed by atoms with E-state index in [0.717, 1.165) is 12.8 Å². The fourth-order valence-electron chi connectivity index (χ4n) is 3.22. The number of rotatable bonds is 7. The molecular weight excluding hydrogens is 338 g/mol. The van der Waals surface area contributed by atoms with Crippen LogP contribution < -0.4 is 5.32 Å². The first-order valence-electron chi connectivity index (χ1n) is 8.66. The number of carbonyl (C=O) groups is 3. The average molecular weight is 359 g/mol. The van der Waals surface area contributed by atoms with Crippen molar-refractivity contribution in [3.63, 3.8) is 0 Å². The highest BCUT2D eigenvalue weighted by molar-refractivity contribution is 5.97. The van der Waals surface area contributed by atoms with Crippen LogP contribution in [0.1, 0.15) is 30.1 Å². The number of hydrogen-bond donors (Lipinski definition) is 2. The summed E-state index contributed by atoms with van der Waals surface area (Å²) in [6.07, 6.45) is 4.08. The maximum Gasteiger partial charge on any atom is 0.338 e. The van der Waals surface area contributed by atoms with Gasteiger partial charge in [-0.1, -0.05) is 25.5 Å². The van der Waals surface area contributed by atoms with E-state index >= 15 is 0 Å². The van der Waals surface area contributed by atoms with Crippen LogP contribution in [0, 0.1) is 11.8 Å². The number of amides is 1. The molecule has 7 nitrogen and oxygen atoms in total. The van der Waals surface area contributed by atoms with Gasteiger partial charge in [0.05, 0.1) is 30.3 Å². The molecule has 2 aliphatic rings. The maximum atomic E-state index is 12.5. The number of hydrogen-bond acceptors (Lipinski definition) is 5. The third-order valence-electron chi connectivity index (χ3n) is 4.61. The number of aliphatic carboxylic acids is 1. The van der Waals surface area contributed by atoms with E-state index in [4.69, 9.17) is 9.47 Å². The van der Waals surface area contributed by atoms with Crippen molar-refractivity contribution in [1.29, 1.82) is 0 Å². The van der Waals surface area contributed by atoms with Crippen molar-refractivity contribution in [1.82, 2.24) is 0 Å². The van der Waals surface area contributed by atoms with Gasteiger partial charge in [-0.2, -0.15) is 0 Å². The van der Waals surface area contributed by atoms with E-state index in [2.05, 4.69) is 5.32 Å². The number of benzene rings is 1. The predicted octanol–water partition coefficient (Wildman–Crippen LogP) is 2.24. The topological polar surface area (TPSA) is 102 Å². The lowest BCUT2D eigenvalue weighted by molar-refractivity contribution is -0.145. The Morgan fingerprint density at radius 1 is 1.12 bits per heavy atom. The molecule has 26 heavy (non-hydrogen) atoms. The molecule has 3 rings (SSSR count). The zero-order valence-electron chi connectivity index (χ0n) is 14.4. The molecule has 4 unspecified atom stereocenters. The summed E-state index contributed by atoms with van der Waals surface area (Å²) in [6.45, 7) is 2.39. The molecule has 2 heterocycles. The summed E-state index contributed by atoms with van der Waals surface area (Å²) >= 11 is 0. The highest BCUT2D eigenvalue weighted by Gasteiger charge is 2.53. The number of carboxylic acid groups (broad SMARTS) is 1. The number of nitrogens with one attached hydrogen (secondary N) is 1. The van der Waals surface area contributed by atoms with Crippen molar-refractivity contribution >= 4 is 23.5 Å². The first kappa shape index (κ1) is 18.1. The fourth-order valence-corrected chi connectivity index (χ4v) is 3.22. The number of carboxylic acids is 1. The van der Waals surface area contributed by atoms with Crippen molar-refractivity contribution < 1.29 is 29.0 Å². The van der Waals surface area contributed by atoms with E-state index in [0.29, 0.717) is 17.9 Å². The Labute approximate surface area is 151 Å². The van der Waals surface area contributed by atoms with E-state index in [-0.39, 0.29) is 0 Å². The van der Waals surface area contributed by atoms with Crippen LogP contribution in [0.4, 0.5) is 5.69 Å². The minimum absolute atomic E-state index is 0.377. The van der Waals surface area contributed by atoms with Crippen LogP contribution in [0.3, 0.4) is 0 Å². The summed E-state index contributed by atoms with van der Waals surface area (Å²) in [6, 6.07) is 6.31. The van der Waals surface area contributed by atoms with Crippen molar-refractivity contribution in [3.8, 4) is 0 Å². The lowest BCUT2D eigenvalue weighted by Crippen LogP contribution is -2.39. The van der Waals surface area contributed by atoms with Gasteiger partial charge in [-0.15, -0.1) is 0 Å². The molecule has 2 bridgehead atoms. The van der Waals surface area contributed by atoms with E-state index < -0.39 is 41.9 Å². The summed E-state index contributed by atoms with van der Waals surface area (Å²) in [7, 11) is 0. The zero-order chi connectivity index (χ0) is 18.7.